The highest BCUT2D eigenvalue weighted by molar-refractivity contribution is 5.47. The fraction of sp³-hybridized carbons (Fsp3) is 0.600. The summed E-state index contributed by atoms with van der Waals surface area (Å²) < 4.78 is 6.14. The Morgan fingerprint density at radius 3 is 2.72 bits per heavy atom. The molecule has 1 aromatic rings. The van der Waals surface area contributed by atoms with E-state index in [9.17, 15) is 0 Å². The fourth-order valence-corrected chi connectivity index (χ4v) is 2.54. The van der Waals surface area contributed by atoms with Gasteiger partial charge in [-0.1, -0.05) is 0 Å². The van der Waals surface area contributed by atoms with Crippen molar-refractivity contribution in [1.29, 1.82) is 0 Å². The van der Waals surface area contributed by atoms with Crippen LogP contribution in [-0.4, -0.2) is 30.1 Å². The largest absolute Gasteiger partial charge is 0.490 e. The zero-order valence-corrected chi connectivity index (χ0v) is 11.9. The third kappa shape index (κ3) is 2.78. The van der Waals surface area contributed by atoms with E-state index in [0.717, 1.165) is 36.4 Å². The number of aryl methyl sites for hydroxylation is 1. The molecule has 1 fully saturated rings. The summed E-state index contributed by atoms with van der Waals surface area (Å²) in [6.45, 7) is 7.69. The van der Waals surface area contributed by atoms with Gasteiger partial charge in [-0.15, -0.1) is 0 Å². The summed E-state index contributed by atoms with van der Waals surface area (Å²) in [5, 5.41) is 0. The lowest BCUT2D eigenvalue weighted by atomic mass is 9.89. The number of nitrogen functional groups attached to an aromatic ring is 1. The minimum absolute atomic E-state index is 0.213. The van der Waals surface area contributed by atoms with Gasteiger partial charge in [-0.2, -0.15) is 0 Å². The van der Waals surface area contributed by atoms with Crippen LogP contribution < -0.4 is 10.5 Å². The number of rotatable bonds is 2. The first-order valence-corrected chi connectivity index (χ1v) is 6.62. The van der Waals surface area contributed by atoms with Crippen molar-refractivity contribution in [2.24, 2.45) is 0 Å². The predicted octanol–water partition coefficient (Wildman–Crippen LogP) is 2.83. The number of benzene rings is 1. The summed E-state index contributed by atoms with van der Waals surface area (Å²) in [5.41, 5.74) is 7.88. The molecule has 0 radical (unpaired) electrons. The van der Waals surface area contributed by atoms with E-state index in [1.54, 1.807) is 0 Å². The number of likely N-dealkylation sites (tertiary alicyclic amines) is 1. The summed E-state index contributed by atoms with van der Waals surface area (Å²) >= 11 is 0. The molecule has 100 valence electrons. The molecule has 2 N–H and O–H groups in total. The summed E-state index contributed by atoms with van der Waals surface area (Å²) in [6, 6.07) is 5.86. The van der Waals surface area contributed by atoms with E-state index < -0.39 is 0 Å². The Balaban J connectivity index is 2.06. The monoisotopic (exact) mass is 248 g/mol. The number of ether oxygens (including phenoxy) is 1. The lowest BCUT2D eigenvalue weighted by molar-refractivity contribution is 0.0257. The van der Waals surface area contributed by atoms with Gasteiger partial charge >= 0.3 is 0 Å². The Bertz CT molecular complexity index is 429. The van der Waals surface area contributed by atoms with Crippen molar-refractivity contribution in [1.82, 2.24) is 4.90 Å². The van der Waals surface area contributed by atoms with Crippen molar-refractivity contribution < 1.29 is 4.74 Å². The Kier molecular flexibility index (Phi) is 3.53. The van der Waals surface area contributed by atoms with Gasteiger partial charge in [-0.3, -0.25) is 0 Å². The Morgan fingerprint density at radius 2 is 2.11 bits per heavy atom. The van der Waals surface area contributed by atoms with E-state index in [2.05, 4.69) is 25.8 Å². The molecule has 0 saturated carbocycles. The van der Waals surface area contributed by atoms with Crippen molar-refractivity contribution in [2.75, 3.05) is 19.3 Å². The smallest absolute Gasteiger partial charge is 0.122 e. The van der Waals surface area contributed by atoms with E-state index in [-0.39, 0.29) is 5.54 Å². The van der Waals surface area contributed by atoms with Crippen LogP contribution in [0, 0.1) is 6.92 Å². The van der Waals surface area contributed by atoms with E-state index in [0.29, 0.717) is 6.10 Å². The molecule has 18 heavy (non-hydrogen) atoms. The predicted molar refractivity (Wildman–Crippen MR) is 76.0 cm³/mol. The van der Waals surface area contributed by atoms with Crippen molar-refractivity contribution >= 4 is 5.69 Å². The normalized spacial score (nSPS) is 23.9. The summed E-state index contributed by atoms with van der Waals surface area (Å²) in [4.78, 5) is 2.41. The van der Waals surface area contributed by atoms with Crippen LogP contribution in [0.15, 0.2) is 18.2 Å². The zero-order valence-electron chi connectivity index (χ0n) is 11.9. The molecular formula is C15H24N2O. The molecule has 3 heteroatoms. The molecule has 0 amide bonds. The zero-order chi connectivity index (χ0) is 13.3. The van der Waals surface area contributed by atoms with Crippen LogP contribution in [0.25, 0.3) is 0 Å². The molecular weight excluding hydrogens is 224 g/mol. The van der Waals surface area contributed by atoms with Crippen molar-refractivity contribution in [2.45, 2.75) is 45.3 Å². The van der Waals surface area contributed by atoms with Crippen LogP contribution in [0.4, 0.5) is 5.69 Å². The number of anilines is 1. The highest BCUT2D eigenvalue weighted by Crippen LogP contribution is 2.30. The second-order valence-electron chi connectivity index (χ2n) is 5.99. The molecule has 0 aromatic heterocycles. The molecule has 0 bridgehead atoms. The number of nitrogens with two attached hydrogens (primary N) is 1. The lowest BCUT2D eigenvalue weighted by Gasteiger charge is -2.43. The number of piperidine rings is 1. The lowest BCUT2D eigenvalue weighted by Crippen LogP contribution is -2.50. The standard InChI is InChI=1S/C15H24N2O/c1-11-9-12(16)5-6-14(11)18-13-7-8-17(4)15(2,3)10-13/h5-6,9,13H,7-8,10,16H2,1-4H3. The molecule has 1 aromatic carbocycles. The van der Waals surface area contributed by atoms with Gasteiger partial charge in [0.05, 0.1) is 0 Å². The number of hydrogen-bond donors (Lipinski definition) is 1. The van der Waals surface area contributed by atoms with E-state index >= 15 is 0 Å². The van der Waals surface area contributed by atoms with Gasteiger partial charge in [0.2, 0.25) is 0 Å². The summed E-state index contributed by atoms with van der Waals surface area (Å²) in [6.07, 6.45) is 2.45. The quantitative estimate of drug-likeness (QED) is 0.818. The molecule has 1 saturated heterocycles. The maximum atomic E-state index is 6.14. The van der Waals surface area contributed by atoms with Crippen LogP contribution in [-0.2, 0) is 0 Å². The van der Waals surface area contributed by atoms with Gasteiger partial charge < -0.3 is 15.4 Å². The molecule has 3 nitrogen and oxygen atoms in total. The maximum Gasteiger partial charge on any atom is 0.122 e. The van der Waals surface area contributed by atoms with Gasteiger partial charge in [-0.05, 0) is 58.0 Å². The molecule has 2 rings (SSSR count). The third-order valence-corrected chi connectivity index (χ3v) is 4.04. The van der Waals surface area contributed by atoms with Crippen LogP contribution >= 0.6 is 0 Å². The van der Waals surface area contributed by atoms with Gasteiger partial charge in [-0.25, -0.2) is 0 Å². The van der Waals surface area contributed by atoms with E-state index in [1.165, 1.54) is 0 Å². The van der Waals surface area contributed by atoms with Crippen LogP contribution in [0.1, 0.15) is 32.3 Å². The van der Waals surface area contributed by atoms with Crippen LogP contribution in [0.2, 0.25) is 0 Å². The minimum atomic E-state index is 0.213. The van der Waals surface area contributed by atoms with Crippen LogP contribution in [0.5, 0.6) is 5.75 Å². The Hall–Kier alpha value is -1.22. The molecule has 1 heterocycles. The second-order valence-corrected chi connectivity index (χ2v) is 5.99. The van der Waals surface area contributed by atoms with Crippen molar-refractivity contribution in [3.05, 3.63) is 23.8 Å². The highest BCUT2D eigenvalue weighted by Gasteiger charge is 2.33. The highest BCUT2D eigenvalue weighted by atomic mass is 16.5. The molecule has 1 atom stereocenters. The average Bonchev–Trinajstić information content (AvgIpc) is 2.27. The average molecular weight is 248 g/mol. The Labute approximate surface area is 110 Å². The molecule has 0 aliphatic carbocycles. The van der Waals surface area contributed by atoms with E-state index in [1.807, 2.05) is 25.1 Å². The van der Waals surface area contributed by atoms with Crippen molar-refractivity contribution in [3.8, 4) is 5.75 Å². The Morgan fingerprint density at radius 1 is 1.39 bits per heavy atom. The van der Waals surface area contributed by atoms with Gasteiger partial charge in [0.15, 0.2) is 0 Å². The van der Waals surface area contributed by atoms with Crippen molar-refractivity contribution in [3.63, 3.8) is 0 Å². The first-order valence-electron chi connectivity index (χ1n) is 6.62. The second kappa shape index (κ2) is 4.81. The maximum absolute atomic E-state index is 6.14. The first-order chi connectivity index (χ1) is 8.38. The molecule has 1 aliphatic heterocycles. The fourth-order valence-electron chi connectivity index (χ4n) is 2.54. The van der Waals surface area contributed by atoms with Gasteiger partial charge in [0.25, 0.3) is 0 Å². The first kappa shape index (κ1) is 13.2. The number of nitrogens with zero attached hydrogens (tertiary/aromatic N) is 1. The SMILES string of the molecule is Cc1cc(N)ccc1OC1CCN(C)C(C)(C)C1. The summed E-state index contributed by atoms with van der Waals surface area (Å²) in [7, 11) is 2.19. The number of hydrogen-bond acceptors (Lipinski definition) is 3. The van der Waals surface area contributed by atoms with E-state index in [4.69, 9.17) is 10.5 Å². The minimum Gasteiger partial charge on any atom is -0.490 e. The van der Waals surface area contributed by atoms with Gasteiger partial charge in [0.1, 0.15) is 11.9 Å². The van der Waals surface area contributed by atoms with Crippen LogP contribution in [0.3, 0.4) is 0 Å². The molecule has 1 unspecified atom stereocenters. The van der Waals surface area contributed by atoms with Gasteiger partial charge in [0, 0.05) is 24.2 Å². The summed E-state index contributed by atoms with van der Waals surface area (Å²) in [5.74, 6) is 0.967. The molecule has 0 spiro atoms. The molecule has 1 aliphatic rings. The third-order valence-electron chi connectivity index (χ3n) is 4.04. The topological polar surface area (TPSA) is 38.5 Å².